The van der Waals surface area contributed by atoms with E-state index in [-0.39, 0.29) is 17.8 Å². The van der Waals surface area contributed by atoms with Crippen molar-refractivity contribution >= 4 is 22.7 Å². The normalized spacial score (nSPS) is 29.7. The number of aromatic nitrogens is 2. The minimum Gasteiger partial charge on any atom is -0.490 e. The lowest BCUT2D eigenvalue weighted by molar-refractivity contribution is -0.126. The molecule has 5 rings (SSSR count). The van der Waals surface area contributed by atoms with Gasteiger partial charge in [0.25, 0.3) is 0 Å². The van der Waals surface area contributed by atoms with Crippen molar-refractivity contribution in [3.8, 4) is 16.9 Å². The van der Waals surface area contributed by atoms with Gasteiger partial charge in [0.15, 0.2) is 5.17 Å². The Hall–Kier alpha value is -2.41. The monoisotopic (exact) mass is 366 g/mol. The molecule has 1 saturated carbocycles. The molecule has 2 aliphatic heterocycles. The second kappa shape index (κ2) is 5.81. The van der Waals surface area contributed by atoms with Crippen molar-refractivity contribution in [3.05, 3.63) is 42.5 Å². The van der Waals surface area contributed by atoms with Gasteiger partial charge >= 0.3 is 0 Å². The zero-order valence-corrected chi connectivity index (χ0v) is 14.9. The number of hydrogen-bond donors (Lipinski definition) is 1. The zero-order chi connectivity index (χ0) is 17.7. The molecule has 1 spiro atoms. The molecule has 1 unspecified atom stereocenters. The first kappa shape index (κ1) is 15.8. The van der Waals surface area contributed by atoms with E-state index in [2.05, 4.69) is 16.0 Å². The van der Waals surface area contributed by atoms with Crippen molar-refractivity contribution in [1.82, 2.24) is 9.97 Å². The number of thioether (sulfide) groups is 1. The van der Waals surface area contributed by atoms with Crippen molar-refractivity contribution in [3.63, 3.8) is 0 Å². The number of Topliss-reactive ketones (excluding diaryl/α,β-unsaturated/α-hetero) is 1. The molecule has 6 nitrogen and oxygen atoms in total. The molecule has 2 N–H and O–H groups in total. The zero-order valence-electron chi connectivity index (χ0n) is 14.1. The summed E-state index contributed by atoms with van der Waals surface area (Å²) in [5.41, 5.74) is 8.55. The van der Waals surface area contributed by atoms with E-state index in [1.165, 1.54) is 6.33 Å². The molecular weight excluding hydrogens is 348 g/mol. The van der Waals surface area contributed by atoms with Gasteiger partial charge in [-0.05, 0) is 24.1 Å². The van der Waals surface area contributed by atoms with E-state index in [9.17, 15) is 4.79 Å². The molecule has 2 aromatic rings. The van der Waals surface area contributed by atoms with Gasteiger partial charge in [0.1, 0.15) is 29.5 Å². The third-order valence-corrected chi connectivity index (χ3v) is 6.56. The van der Waals surface area contributed by atoms with Crippen molar-refractivity contribution in [2.75, 3.05) is 5.75 Å². The van der Waals surface area contributed by atoms with Crippen LogP contribution in [0.25, 0.3) is 11.1 Å². The molecule has 0 bridgehead atoms. The molecule has 0 radical (unpaired) electrons. The molecule has 132 valence electrons. The predicted octanol–water partition coefficient (Wildman–Crippen LogP) is 2.53. The largest absolute Gasteiger partial charge is 0.490 e. The Labute approximate surface area is 155 Å². The second-order valence-corrected chi connectivity index (χ2v) is 8.04. The number of fused-ring (bicyclic) bond motifs is 4. The quantitative estimate of drug-likeness (QED) is 0.834. The van der Waals surface area contributed by atoms with Crippen LogP contribution in [0.4, 0.5) is 0 Å². The van der Waals surface area contributed by atoms with Gasteiger partial charge in [0.05, 0.1) is 0 Å². The van der Waals surface area contributed by atoms with Gasteiger partial charge in [0.2, 0.25) is 0 Å². The molecule has 3 heterocycles. The highest BCUT2D eigenvalue weighted by molar-refractivity contribution is 8.14. The van der Waals surface area contributed by atoms with Crippen LogP contribution in [0.5, 0.6) is 5.75 Å². The Morgan fingerprint density at radius 3 is 2.85 bits per heavy atom. The molecule has 1 aromatic carbocycles. The van der Waals surface area contributed by atoms with Gasteiger partial charge in [-0.3, -0.25) is 4.79 Å². The minimum absolute atomic E-state index is 0.0151. The van der Waals surface area contributed by atoms with E-state index in [4.69, 9.17) is 15.5 Å². The minimum atomic E-state index is -0.491. The summed E-state index contributed by atoms with van der Waals surface area (Å²) in [7, 11) is 0. The van der Waals surface area contributed by atoms with Gasteiger partial charge in [-0.1, -0.05) is 17.8 Å². The highest BCUT2D eigenvalue weighted by Gasteiger charge is 2.54. The number of benzene rings is 1. The number of carbonyl (C=O) groups is 1. The van der Waals surface area contributed by atoms with Crippen LogP contribution in [0.2, 0.25) is 0 Å². The van der Waals surface area contributed by atoms with Crippen LogP contribution in [-0.4, -0.2) is 32.8 Å². The Kier molecular flexibility index (Phi) is 3.53. The van der Waals surface area contributed by atoms with Crippen LogP contribution in [0.3, 0.4) is 0 Å². The topological polar surface area (TPSA) is 90.5 Å². The second-order valence-electron chi connectivity index (χ2n) is 7.05. The highest BCUT2D eigenvalue weighted by atomic mass is 32.2. The first-order chi connectivity index (χ1) is 12.7. The molecule has 1 aromatic heterocycles. The van der Waals surface area contributed by atoms with Crippen molar-refractivity contribution < 1.29 is 9.53 Å². The first-order valence-corrected chi connectivity index (χ1v) is 9.71. The van der Waals surface area contributed by atoms with Crippen molar-refractivity contribution in [2.24, 2.45) is 16.6 Å². The van der Waals surface area contributed by atoms with Crippen LogP contribution >= 0.6 is 11.8 Å². The van der Waals surface area contributed by atoms with Crippen LogP contribution in [0, 0.1) is 5.92 Å². The number of nitrogens with two attached hydrogens (primary N) is 1. The average Bonchev–Trinajstić information content (AvgIpc) is 3.06. The molecule has 7 heteroatoms. The molecule has 26 heavy (non-hydrogen) atoms. The van der Waals surface area contributed by atoms with E-state index in [0.717, 1.165) is 34.6 Å². The lowest BCUT2D eigenvalue weighted by Gasteiger charge is -2.46. The molecular formula is C19H18N4O2S. The number of carbonyl (C=O) groups excluding carboxylic acids is 1. The number of hydrogen-bond acceptors (Lipinski definition) is 7. The fourth-order valence-corrected chi connectivity index (χ4v) is 5.36. The number of nitrogens with zero attached hydrogens (tertiary/aromatic N) is 3. The fraction of sp³-hybridized carbons (Fsp3) is 0.368. The lowest BCUT2D eigenvalue weighted by atomic mass is 9.68. The highest BCUT2D eigenvalue weighted by Crippen LogP contribution is 2.54. The third kappa shape index (κ3) is 2.34. The van der Waals surface area contributed by atoms with E-state index >= 15 is 0 Å². The Bertz CT molecular complexity index is 917. The molecule has 0 amide bonds. The van der Waals surface area contributed by atoms with Crippen LogP contribution in [-0.2, 0) is 10.3 Å². The molecule has 3 aliphatic rings. The Morgan fingerprint density at radius 2 is 2.08 bits per heavy atom. The Morgan fingerprint density at radius 1 is 1.23 bits per heavy atom. The Balaban J connectivity index is 1.68. The van der Waals surface area contributed by atoms with Crippen LogP contribution in [0.15, 0.2) is 41.9 Å². The molecule has 1 fully saturated rings. The lowest BCUT2D eigenvalue weighted by Crippen LogP contribution is -2.50. The summed E-state index contributed by atoms with van der Waals surface area (Å²) in [5, 5.41) is 0.586. The maximum absolute atomic E-state index is 12.2. The summed E-state index contributed by atoms with van der Waals surface area (Å²) in [6, 6.07) is 6.13. The standard InChI is InChI=1S/C19H18N4O2S/c20-18-23-19(9-26-18)14-5-11(12-7-21-10-22-8-12)1-3-16(14)25-17-4-2-13(24)6-15(17)19/h1,3,5,7-8,10,15,17H,2,4,6,9H2,(H2,20,23)/t15-,17-,19?/m0/s1. The third-order valence-electron chi connectivity index (χ3n) is 5.59. The van der Waals surface area contributed by atoms with Crippen LogP contribution < -0.4 is 10.5 Å². The maximum atomic E-state index is 12.2. The summed E-state index contributed by atoms with van der Waals surface area (Å²) in [6.45, 7) is 0. The predicted molar refractivity (Wildman–Crippen MR) is 100.0 cm³/mol. The van der Waals surface area contributed by atoms with E-state index in [0.29, 0.717) is 18.0 Å². The first-order valence-electron chi connectivity index (χ1n) is 8.72. The van der Waals surface area contributed by atoms with Crippen molar-refractivity contribution in [1.29, 1.82) is 0 Å². The number of aliphatic imine (C=N–C) groups is 1. The van der Waals surface area contributed by atoms with Crippen LogP contribution in [0.1, 0.15) is 24.8 Å². The number of ether oxygens (including phenoxy) is 1. The van der Waals surface area contributed by atoms with Gasteiger partial charge in [-0.2, -0.15) is 0 Å². The average molecular weight is 366 g/mol. The molecule has 3 atom stereocenters. The fourth-order valence-electron chi connectivity index (χ4n) is 4.34. The smallest absolute Gasteiger partial charge is 0.154 e. The van der Waals surface area contributed by atoms with Gasteiger partial charge < -0.3 is 10.5 Å². The van der Waals surface area contributed by atoms with Crippen molar-refractivity contribution in [2.45, 2.75) is 30.9 Å². The molecule has 1 aliphatic carbocycles. The summed E-state index contributed by atoms with van der Waals surface area (Å²) in [6.07, 6.45) is 6.94. The summed E-state index contributed by atoms with van der Waals surface area (Å²) >= 11 is 1.56. The molecule has 0 saturated heterocycles. The van der Waals surface area contributed by atoms with E-state index in [1.807, 2.05) is 12.1 Å². The van der Waals surface area contributed by atoms with Gasteiger partial charge in [-0.25, -0.2) is 15.0 Å². The van der Waals surface area contributed by atoms with Gasteiger partial charge in [0, 0.05) is 48.0 Å². The SMILES string of the molecule is NC1=NC2(CS1)c1cc(-c3cncnc3)ccc1O[C@H]1CCC(=O)C[C@@H]12. The number of rotatable bonds is 1. The van der Waals surface area contributed by atoms with E-state index in [1.54, 1.807) is 24.2 Å². The number of ketones is 1. The van der Waals surface area contributed by atoms with Gasteiger partial charge in [-0.15, -0.1) is 0 Å². The summed E-state index contributed by atoms with van der Waals surface area (Å²) in [4.78, 5) is 25.3. The van der Waals surface area contributed by atoms with E-state index < -0.39 is 5.54 Å². The summed E-state index contributed by atoms with van der Waals surface area (Å²) in [5.74, 6) is 1.92. The maximum Gasteiger partial charge on any atom is 0.154 e. The number of amidine groups is 1. The summed E-state index contributed by atoms with van der Waals surface area (Å²) < 4.78 is 6.29.